The van der Waals surface area contributed by atoms with E-state index in [-0.39, 0.29) is 12.5 Å². The van der Waals surface area contributed by atoms with Gasteiger partial charge in [0, 0.05) is 13.1 Å². The Morgan fingerprint density at radius 2 is 1.06 bits per heavy atom. The summed E-state index contributed by atoms with van der Waals surface area (Å²) in [5.74, 6) is 0. The lowest BCUT2D eigenvalue weighted by molar-refractivity contribution is 0.0346. The Balaban J connectivity index is 3.28. The SMILES string of the molecule is CC(O)N(C)CCCCCCN(C)C(C)O. The van der Waals surface area contributed by atoms with E-state index in [1.54, 1.807) is 13.8 Å². The molecule has 2 atom stereocenters. The number of unbranched alkanes of at least 4 members (excludes halogenated alkanes) is 3. The van der Waals surface area contributed by atoms with E-state index in [9.17, 15) is 10.2 Å². The predicted octanol–water partition coefficient (Wildman–Crippen LogP) is 1.09. The Hall–Kier alpha value is -0.160. The number of nitrogens with zero attached hydrogens (tertiary/aromatic N) is 2. The monoisotopic (exact) mass is 232 g/mol. The molecule has 2 N–H and O–H groups in total. The number of aliphatic hydroxyl groups is 2. The minimum absolute atomic E-state index is 0.346. The molecule has 0 aromatic rings. The molecule has 4 heteroatoms. The summed E-state index contributed by atoms with van der Waals surface area (Å²) >= 11 is 0. The Kier molecular flexibility index (Phi) is 8.84. The molecule has 0 aromatic carbocycles. The largest absolute Gasteiger partial charge is 0.379 e. The standard InChI is InChI=1S/C12H28N2O2/c1-11(15)13(3)9-7-5-6-8-10-14(4)12(2)16/h11-12,15-16H,5-10H2,1-4H3. The van der Waals surface area contributed by atoms with Crippen LogP contribution in [0.25, 0.3) is 0 Å². The summed E-state index contributed by atoms with van der Waals surface area (Å²) in [5, 5.41) is 18.5. The molecule has 0 heterocycles. The van der Waals surface area contributed by atoms with Gasteiger partial charge in [0.2, 0.25) is 0 Å². The van der Waals surface area contributed by atoms with Gasteiger partial charge in [-0.1, -0.05) is 12.8 Å². The zero-order valence-electron chi connectivity index (χ0n) is 11.2. The molecule has 0 saturated carbocycles. The Bertz CT molecular complexity index is 145. The average Bonchev–Trinajstić information content (AvgIpc) is 2.21. The quantitative estimate of drug-likeness (QED) is 0.461. The molecule has 98 valence electrons. The van der Waals surface area contributed by atoms with Crippen LogP contribution >= 0.6 is 0 Å². The van der Waals surface area contributed by atoms with Crippen molar-refractivity contribution >= 4 is 0 Å². The fourth-order valence-corrected chi connectivity index (χ4v) is 1.45. The van der Waals surface area contributed by atoms with Crippen molar-refractivity contribution in [1.29, 1.82) is 0 Å². The van der Waals surface area contributed by atoms with E-state index in [4.69, 9.17) is 0 Å². The summed E-state index contributed by atoms with van der Waals surface area (Å²) in [7, 11) is 3.87. The maximum atomic E-state index is 9.25. The topological polar surface area (TPSA) is 46.9 Å². The van der Waals surface area contributed by atoms with Crippen molar-refractivity contribution in [2.45, 2.75) is 52.0 Å². The van der Waals surface area contributed by atoms with E-state index >= 15 is 0 Å². The molecule has 0 aliphatic rings. The van der Waals surface area contributed by atoms with Crippen LogP contribution in [-0.4, -0.2) is 59.7 Å². The lowest BCUT2D eigenvalue weighted by Crippen LogP contribution is -2.30. The number of aliphatic hydroxyl groups excluding tert-OH is 2. The summed E-state index contributed by atoms with van der Waals surface area (Å²) in [6, 6.07) is 0. The summed E-state index contributed by atoms with van der Waals surface area (Å²) in [6.45, 7) is 5.48. The summed E-state index contributed by atoms with van der Waals surface area (Å²) in [4.78, 5) is 3.89. The number of hydrogen-bond donors (Lipinski definition) is 2. The van der Waals surface area contributed by atoms with Gasteiger partial charge >= 0.3 is 0 Å². The minimum Gasteiger partial charge on any atom is -0.379 e. The molecule has 0 amide bonds. The van der Waals surface area contributed by atoms with Crippen molar-refractivity contribution in [3.63, 3.8) is 0 Å². The molecule has 4 nitrogen and oxygen atoms in total. The van der Waals surface area contributed by atoms with Crippen molar-refractivity contribution in [2.24, 2.45) is 0 Å². The average molecular weight is 232 g/mol. The zero-order valence-corrected chi connectivity index (χ0v) is 11.2. The third-order valence-corrected chi connectivity index (χ3v) is 3.05. The third kappa shape index (κ3) is 8.05. The second-order valence-electron chi connectivity index (χ2n) is 4.64. The van der Waals surface area contributed by atoms with Gasteiger partial charge < -0.3 is 10.2 Å². The lowest BCUT2D eigenvalue weighted by atomic mass is 10.2. The summed E-state index contributed by atoms with van der Waals surface area (Å²) in [6.07, 6.45) is 3.93. The second-order valence-corrected chi connectivity index (χ2v) is 4.64. The van der Waals surface area contributed by atoms with Crippen molar-refractivity contribution in [2.75, 3.05) is 27.2 Å². The number of rotatable bonds is 9. The van der Waals surface area contributed by atoms with Gasteiger partial charge in [0.05, 0.1) is 0 Å². The predicted molar refractivity (Wildman–Crippen MR) is 67.1 cm³/mol. The van der Waals surface area contributed by atoms with Gasteiger partial charge in [-0.15, -0.1) is 0 Å². The van der Waals surface area contributed by atoms with Gasteiger partial charge in [-0.25, -0.2) is 0 Å². The maximum Gasteiger partial charge on any atom is 0.104 e. The second kappa shape index (κ2) is 8.93. The molecule has 0 bridgehead atoms. The first-order chi connectivity index (χ1) is 7.45. The van der Waals surface area contributed by atoms with Crippen LogP contribution in [0.15, 0.2) is 0 Å². The molecule has 2 unspecified atom stereocenters. The summed E-state index contributed by atoms with van der Waals surface area (Å²) in [5.41, 5.74) is 0. The molecule has 0 aromatic heterocycles. The van der Waals surface area contributed by atoms with Gasteiger partial charge in [-0.05, 0) is 40.8 Å². The highest BCUT2D eigenvalue weighted by Gasteiger charge is 2.05. The van der Waals surface area contributed by atoms with E-state index in [1.165, 1.54) is 12.8 Å². The first kappa shape index (κ1) is 15.8. The smallest absolute Gasteiger partial charge is 0.104 e. The normalized spacial score (nSPS) is 15.8. The highest BCUT2D eigenvalue weighted by molar-refractivity contribution is 4.55. The fraction of sp³-hybridized carbons (Fsp3) is 1.00. The van der Waals surface area contributed by atoms with Crippen LogP contribution in [0.5, 0.6) is 0 Å². The Morgan fingerprint density at radius 1 is 0.750 bits per heavy atom. The molecule has 0 spiro atoms. The highest BCUT2D eigenvalue weighted by atomic mass is 16.3. The van der Waals surface area contributed by atoms with Crippen molar-refractivity contribution in [1.82, 2.24) is 9.80 Å². The van der Waals surface area contributed by atoms with Crippen molar-refractivity contribution in [3.8, 4) is 0 Å². The van der Waals surface area contributed by atoms with Gasteiger partial charge in [-0.3, -0.25) is 9.80 Å². The molecular formula is C12H28N2O2. The van der Waals surface area contributed by atoms with Crippen LogP contribution in [0.3, 0.4) is 0 Å². The fourth-order valence-electron chi connectivity index (χ4n) is 1.45. The van der Waals surface area contributed by atoms with Crippen LogP contribution in [0.2, 0.25) is 0 Å². The van der Waals surface area contributed by atoms with E-state index in [2.05, 4.69) is 0 Å². The van der Waals surface area contributed by atoms with Crippen LogP contribution in [0.1, 0.15) is 39.5 Å². The van der Waals surface area contributed by atoms with Gasteiger partial charge in [0.15, 0.2) is 0 Å². The van der Waals surface area contributed by atoms with Crippen LogP contribution in [-0.2, 0) is 0 Å². The molecular weight excluding hydrogens is 204 g/mol. The third-order valence-electron chi connectivity index (χ3n) is 3.05. The molecule has 0 aliphatic heterocycles. The maximum absolute atomic E-state index is 9.25. The molecule has 0 fully saturated rings. The zero-order chi connectivity index (χ0) is 12.6. The minimum atomic E-state index is -0.346. The van der Waals surface area contributed by atoms with E-state index < -0.39 is 0 Å². The van der Waals surface area contributed by atoms with Crippen LogP contribution in [0.4, 0.5) is 0 Å². The van der Waals surface area contributed by atoms with Crippen LogP contribution < -0.4 is 0 Å². The van der Waals surface area contributed by atoms with Crippen LogP contribution in [0, 0.1) is 0 Å². The summed E-state index contributed by atoms with van der Waals surface area (Å²) < 4.78 is 0. The molecule has 16 heavy (non-hydrogen) atoms. The van der Waals surface area contributed by atoms with E-state index in [0.29, 0.717) is 0 Å². The van der Waals surface area contributed by atoms with Gasteiger partial charge in [0.1, 0.15) is 12.5 Å². The first-order valence-electron chi connectivity index (χ1n) is 6.21. The van der Waals surface area contributed by atoms with E-state index in [1.807, 2.05) is 23.9 Å². The van der Waals surface area contributed by atoms with Crippen molar-refractivity contribution < 1.29 is 10.2 Å². The lowest BCUT2D eigenvalue weighted by Gasteiger charge is -2.20. The molecule has 0 saturated heterocycles. The molecule has 0 radical (unpaired) electrons. The van der Waals surface area contributed by atoms with Gasteiger partial charge in [0.25, 0.3) is 0 Å². The molecule has 0 rings (SSSR count). The number of hydrogen-bond acceptors (Lipinski definition) is 4. The Labute approximate surface area is 99.9 Å². The van der Waals surface area contributed by atoms with E-state index in [0.717, 1.165) is 25.9 Å². The Morgan fingerprint density at radius 3 is 1.31 bits per heavy atom. The highest BCUT2D eigenvalue weighted by Crippen LogP contribution is 2.04. The molecule has 0 aliphatic carbocycles. The van der Waals surface area contributed by atoms with Crippen molar-refractivity contribution in [3.05, 3.63) is 0 Å². The van der Waals surface area contributed by atoms with Gasteiger partial charge in [-0.2, -0.15) is 0 Å². The first-order valence-corrected chi connectivity index (χ1v) is 6.21.